The molecule has 84 valence electrons. The van der Waals surface area contributed by atoms with Crippen molar-refractivity contribution in [3.63, 3.8) is 0 Å². The van der Waals surface area contributed by atoms with E-state index < -0.39 is 0 Å². The first kappa shape index (κ1) is 11.0. The maximum absolute atomic E-state index is 5.49. The van der Waals surface area contributed by atoms with Crippen LogP contribution in [0.3, 0.4) is 0 Å². The van der Waals surface area contributed by atoms with E-state index in [1.54, 1.807) is 0 Å². The zero-order valence-corrected chi connectivity index (χ0v) is 10.4. The fraction of sp³-hybridized carbons (Fsp3) is 0.778. The second-order valence-electron chi connectivity index (χ2n) is 3.77. The Morgan fingerprint density at radius 2 is 2.27 bits per heavy atom. The van der Waals surface area contributed by atoms with Crippen molar-refractivity contribution in [3.8, 4) is 0 Å². The molecule has 2 atom stereocenters. The zero-order valence-electron chi connectivity index (χ0n) is 8.77. The number of nitrogen functional groups attached to an aromatic ring is 1. The number of aromatic nitrogens is 2. The highest BCUT2D eigenvalue weighted by atomic mass is 32.2. The molecule has 3 N–H and O–H groups in total. The molecule has 0 spiro atoms. The Morgan fingerprint density at radius 3 is 2.93 bits per heavy atom. The summed E-state index contributed by atoms with van der Waals surface area (Å²) >= 11 is 3.29. The highest BCUT2D eigenvalue weighted by Crippen LogP contribution is 2.29. The molecule has 1 aliphatic rings. The molecule has 0 aromatic carbocycles. The molecule has 1 heterocycles. The molecule has 2 unspecified atom stereocenters. The van der Waals surface area contributed by atoms with Gasteiger partial charge in [-0.25, -0.2) is 0 Å². The first-order valence-corrected chi connectivity index (χ1v) is 7.24. The molecule has 0 radical (unpaired) electrons. The van der Waals surface area contributed by atoms with Crippen LogP contribution < -0.4 is 11.1 Å². The van der Waals surface area contributed by atoms with E-state index in [4.69, 9.17) is 5.73 Å². The molecule has 15 heavy (non-hydrogen) atoms. The second-order valence-corrected chi connectivity index (χ2v) is 5.60. The Labute approximate surface area is 98.2 Å². The van der Waals surface area contributed by atoms with E-state index in [1.807, 2.05) is 11.8 Å². The van der Waals surface area contributed by atoms with Crippen LogP contribution in [-0.4, -0.2) is 26.9 Å². The molecule has 0 aliphatic heterocycles. The van der Waals surface area contributed by atoms with E-state index in [0.29, 0.717) is 17.2 Å². The molecule has 1 aromatic rings. The summed E-state index contributed by atoms with van der Waals surface area (Å²) in [6.45, 7) is 0. The molecule has 4 nitrogen and oxygen atoms in total. The molecule has 1 saturated carbocycles. The topological polar surface area (TPSA) is 63.8 Å². The van der Waals surface area contributed by atoms with Gasteiger partial charge in [0, 0.05) is 22.8 Å². The number of thioether (sulfide) groups is 1. The quantitative estimate of drug-likeness (QED) is 0.853. The number of nitrogens with zero attached hydrogens (tertiary/aromatic N) is 2. The average Bonchev–Trinajstić information content (AvgIpc) is 2.65. The zero-order chi connectivity index (χ0) is 10.7. The number of anilines is 2. The molecule has 0 saturated heterocycles. The van der Waals surface area contributed by atoms with Crippen molar-refractivity contribution in [1.82, 2.24) is 9.36 Å². The smallest absolute Gasteiger partial charge is 0.233 e. The Balaban J connectivity index is 1.97. The second kappa shape index (κ2) is 5.03. The van der Waals surface area contributed by atoms with Crippen molar-refractivity contribution in [2.75, 3.05) is 17.3 Å². The Hall–Kier alpha value is -0.490. The van der Waals surface area contributed by atoms with Crippen LogP contribution in [0.15, 0.2) is 0 Å². The minimum Gasteiger partial charge on any atom is -0.367 e. The summed E-state index contributed by atoms with van der Waals surface area (Å²) in [5, 5.41) is 5.00. The van der Waals surface area contributed by atoms with Crippen molar-refractivity contribution in [3.05, 3.63) is 0 Å². The SMILES string of the molecule is CSC1CCCCC1Nc1nc(N)ns1. The lowest BCUT2D eigenvalue weighted by Gasteiger charge is -2.30. The third-order valence-corrected chi connectivity index (χ3v) is 4.59. The fourth-order valence-electron chi connectivity index (χ4n) is 2.00. The first-order chi connectivity index (χ1) is 7.29. The maximum atomic E-state index is 5.49. The number of nitrogens with two attached hydrogens (primary N) is 1. The Morgan fingerprint density at radius 1 is 1.47 bits per heavy atom. The molecule has 1 aromatic heterocycles. The van der Waals surface area contributed by atoms with E-state index in [2.05, 4.69) is 20.9 Å². The summed E-state index contributed by atoms with van der Waals surface area (Å²) in [6, 6.07) is 0.529. The highest BCUT2D eigenvalue weighted by molar-refractivity contribution is 7.99. The van der Waals surface area contributed by atoms with E-state index in [9.17, 15) is 0 Å². The van der Waals surface area contributed by atoms with Gasteiger partial charge in [-0.1, -0.05) is 12.8 Å². The van der Waals surface area contributed by atoms with Gasteiger partial charge >= 0.3 is 0 Å². The van der Waals surface area contributed by atoms with Crippen molar-refractivity contribution >= 4 is 34.4 Å². The molecule has 6 heteroatoms. The van der Waals surface area contributed by atoms with Crippen LogP contribution >= 0.6 is 23.3 Å². The Kier molecular flexibility index (Phi) is 3.69. The molecule has 1 aliphatic carbocycles. The number of rotatable bonds is 3. The standard InChI is InChI=1S/C9H16N4S2/c1-14-7-5-3-2-4-6(7)11-9-12-8(10)13-15-9/h6-7H,2-5H2,1H3,(H3,10,11,12,13). The van der Waals surface area contributed by atoms with Gasteiger partial charge in [0.1, 0.15) is 0 Å². The van der Waals surface area contributed by atoms with Gasteiger partial charge in [0.15, 0.2) is 0 Å². The maximum Gasteiger partial charge on any atom is 0.233 e. The van der Waals surface area contributed by atoms with E-state index in [0.717, 1.165) is 5.13 Å². The van der Waals surface area contributed by atoms with Gasteiger partial charge in [-0.2, -0.15) is 21.1 Å². The minimum atomic E-state index is 0.374. The van der Waals surface area contributed by atoms with Crippen LogP contribution in [0.1, 0.15) is 25.7 Å². The van der Waals surface area contributed by atoms with Gasteiger partial charge in [0.05, 0.1) is 0 Å². The van der Waals surface area contributed by atoms with E-state index in [1.165, 1.54) is 37.2 Å². The summed E-state index contributed by atoms with van der Waals surface area (Å²) in [4.78, 5) is 4.14. The number of hydrogen-bond donors (Lipinski definition) is 2. The van der Waals surface area contributed by atoms with Crippen LogP contribution in [-0.2, 0) is 0 Å². The minimum absolute atomic E-state index is 0.374. The summed E-state index contributed by atoms with van der Waals surface area (Å²) in [5.74, 6) is 0.374. The van der Waals surface area contributed by atoms with Gasteiger partial charge < -0.3 is 11.1 Å². The lowest BCUT2D eigenvalue weighted by atomic mass is 9.95. The summed E-state index contributed by atoms with van der Waals surface area (Å²) in [5.41, 5.74) is 5.49. The summed E-state index contributed by atoms with van der Waals surface area (Å²) in [7, 11) is 0. The van der Waals surface area contributed by atoms with Crippen LogP contribution in [0.25, 0.3) is 0 Å². The van der Waals surface area contributed by atoms with Gasteiger partial charge in [-0.3, -0.25) is 0 Å². The van der Waals surface area contributed by atoms with Gasteiger partial charge in [0.25, 0.3) is 0 Å². The highest BCUT2D eigenvalue weighted by Gasteiger charge is 2.24. The Bertz CT molecular complexity index is 315. The van der Waals surface area contributed by atoms with Crippen molar-refractivity contribution in [1.29, 1.82) is 0 Å². The van der Waals surface area contributed by atoms with Crippen LogP contribution in [0.5, 0.6) is 0 Å². The van der Waals surface area contributed by atoms with Crippen molar-refractivity contribution < 1.29 is 0 Å². The van der Waals surface area contributed by atoms with Crippen LogP contribution in [0.2, 0.25) is 0 Å². The van der Waals surface area contributed by atoms with Gasteiger partial charge in [-0.05, 0) is 19.1 Å². The summed E-state index contributed by atoms with van der Waals surface area (Å²) < 4.78 is 3.97. The van der Waals surface area contributed by atoms with Gasteiger partial charge in [-0.15, -0.1) is 0 Å². The van der Waals surface area contributed by atoms with Gasteiger partial charge in [0.2, 0.25) is 11.1 Å². The number of nitrogens with one attached hydrogen (secondary N) is 1. The van der Waals surface area contributed by atoms with Crippen LogP contribution in [0, 0.1) is 0 Å². The fourth-order valence-corrected chi connectivity index (χ4v) is 3.49. The summed E-state index contributed by atoms with van der Waals surface area (Å²) in [6.07, 6.45) is 7.36. The average molecular weight is 244 g/mol. The third kappa shape index (κ3) is 2.75. The van der Waals surface area contributed by atoms with Crippen molar-refractivity contribution in [2.45, 2.75) is 37.0 Å². The molecule has 0 bridgehead atoms. The van der Waals surface area contributed by atoms with E-state index in [-0.39, 0.29) is 0 Å². The lowest BCUT2D eigenvalue weighted by Crippen LogP contribution is -2.34. The number of hydrogen-bond acceptors (Lipinski definition) is 6. The normalized spacial score (nSPS) is 26.5. The molecule has 2 rings (SSSR count). The molecule has 1 fully saturated rings. The third-order valence-electron chi connectivity index (χ3n) is 2.76. The van der Waals surface area contributed by atoms with E-state index >= 15 is 0 Å². The van der Waals surface area contributed by atoms with Crippen molar-refractivity contribution in [2.24, 2.45) is 0 Å². The monoisotopic (exact) mass is 244 g/mol. The molecular weight excluding hydrogens is 228 g/mol. The largest absolute Gasteiger partial charge is 0.367 e. The molecular formula is C9H16N4S2. The first-order valence-electron chi connectivity index (χ1n) is 5.18. The molecule has 0 amide bonds. The predicted octanol–water partition coefficient (Wildman–Crippen LogP) is 2.21. The predicted molar refractivity (Wildman–Crippen MR) is 67.5 cm³/mol. The lowest BCUT2D eigenvalue weighted by molar-refractivity contribution is 0.475. The van der Waals surface area contributed by atoms with Crippen LogP contribution in [0.4, 0.5) is 11.1 Å².